The Morgan fingerprint density at radius 1 is 0.950 bits per heavy atom. The Morgan fingerprint density at radius 3 is 2.40 bits per heavy atom. The van der Waals surface area contributed by atoms with Crippen molar-refractivity contribution in [2.24, 2.45) is 0 Å². The third-order valence-electron chi connectivity index (χ3n) is 3.90. The third-order valence-corrected chi connectivity index (χ3v) is 4.06. The minimum atomic E-state index is 0.269. The second kappa shape index (κ2) is 6.54. The van der Waals surface area contributed by atoms with Gasteiger partial charge in [0.1, 0.15) is 0 Å². The monoisotopic (exact) mass is 296 g/mol. The Kier molecular flexibility index (Phi) is 4.52. The van der Waals surface area contributed by atoms with E-state index in [1.54, 1.807) is 0 Å². The van der Waals surface area contributed by atoms with Crippen molar-refractivity contribution in [3.8, 4) is 0 Å². The fourth-order valence-corrected chi connectivity index (χ4v) is 2.96. The van der Waals surface area contributed by atoms with Crippen molar-refractivity contribution in [2.75, 3.05) is 49.5 Å². The summed E-state index contributed by atoms with van der Waals surface area (Å²) in [5, 5.41) is 3.53. The van der Waals surface area contributed by atoms with Crippen molar-refractivity contribution in [2.45, 2.75) is 25.7 Å². The Balaban J connectivity index is 1.57. The number of likely N-dealkylation sites (tertiary alicyclic amines) is 1. The molecule has 3 rings (SSSR count). The molecule has 2 saturated heterocycles. The van der Waals surface area contributed by atoms with E-state index in [4.69, 9.17) is 11.6 Å². The van der Waals surface area contributed by atoms with Gasteiger partial charge in [-0.3, -0.25) is 0 Å². The predicted octanol–water partition coefficient (Wildman–Crippen LogP) is 1.63. The van der Waals surface area contributed by atoms with E-state index >= 15 is 0 Å². The smallest absolute Gasteiger partial charge is 0.231 e. The van der Waals surface area contributed by atoms with Gasteiger partial charge in [-0.15, -0.1) is 0 Å². The van der Waals surface area contributed by atoms with E-state index in [2.05, 4.69) is 30.1 Å². The lowest BCUT2D eigenvalue weighted by atomic mass is 10.4. The maximum atomic E-state index is 6.00. The van der Waals surface area contributed by atoms with Gasteiger partial charge in [-0.2, -0.15) is 15.0 Å². The van der Waals surface area contributed by atoms with E-state index in [-0.39, 0.29) is 5.28 Å². The van der Waals surface area contributed by atoms with Crippen LogP contribution in [0.25, 0.3) is 0 Å². The average molecular weight is 297 g/mol. The molecule has 20 heavy (non-hydrogen) atoms. The normalized spacial score (nSPS) is 19.8. The first-order valence-electron chi connectivity index (χ1n) is 7.44. The van der Waals surface area contributed by atoms with Gasteiger partial charge in [0.25, 0.3) is 0 Å². The molecule has 0 aromatic carbocycles. The summed E-state index contributed by atoms with van der Waals surface area (Å²) < 4.78 is 0. The molecule has 1 aromatic heterocycles. The number of nitrogens with one attached hydrogen (secondary N) is 1. The highest BCUT2D eigenvalue weighted by Crippen LogP contribution is 2.18. The van der Waals surface area contributed by atoms with Crippen molar-refractivity contribution in [3.05, 3.63) is 5.28 Å². The highest BCUT2D eigenvalue weighted by molar-refractivity contribution is 6.28. The van der Waals surface area contributed by atoms with Crippen LogP contribution in [-0.2, 0) is 0 Å². The van der Waals surface area contributed by atoms with Gasteiger partial charge in [-0.25, -0.2) is 0 Å². The van der Waals surface area contributed by atoms with Gasteiger partial charge in [0, 0.05) is 26.2 Å². The summed E-state index contributed by atoms with van der Waals surface area (Å²) in [5.41, 5.74) is 0. The number of aromatic nitrogens is 3. The molecule has 2 aliphatic rings. The van der Waals surface area contributed by atoms with E-state index in [1.807, 2.05) is 0 Å². The fourth-order valence-electron chi connectivity index (χ4n) is 2.81. The molecule has 1 N–H and O–H groups in total. The van der Waals surface area contributed by atoms with Crippen LogP contribution in [0.3, 0.4) is 0 Å². The molecule has 2 aliphatic heterocycles. The van der Waals surface area contributed by atoms with Crippen molar-refractivity contribution >= 4 is 23.5 Å². The lowest BCUT2D eigenvalue weighted by Crippen LogP contribution is -2.27. The summed E-state index contributed by atoms with van der Waals surface area (Å²) in [6.07, 6.45) is 5.02. The number of anilines is 2. The molecule has 0 radical (unpaired) electrons. The molecule has 0 saturated carbocycles. The maximum Gasteiger partial charge on any atom is 0.231 e. The van der Waals surface area contributed by atoms with Crippen LogP contribution in [0.4, 0.5) is 11.9 Å². The molecule has 0 unspecified atom stereocenters. The minimum absolute atomic E-state index is 0.269. The van der Waals surface area contributed by atoms with E-state index in [0.29, 0.717) is 11.9 Å². The average Bonchev–Trinajstić information content (AvgIpc) is 3.11. The number of halogens is 1. The van der Waals surface area contributed by atoms with Crippen LogP contribution in [0, 0.1) is 0 Å². The summed E-state index contributed by atoms with van der Waals surface area (Å²) >= 11 is 6.00. The van der Waals surface area contributed by atoms with Crippen LogP contribution < -0.4 is 10.2 Å². The molecule has 6 nitrogen and oxygen atoms in total. The summed E-state index contributed by atoms with van der Waals surface area (Å²) in [6.45, 7) is 6.31. The maximum absolute atomic E-state index is 6.00. The summed E-state index contributed by atoms with van der Waals surface area (Å²) in [5.74, 6) is 1.29. The lowest BCUT2D eigenvalue weighted by molar-refractivity contribution is 0.352. The number of rotatable bonds is 5. The van der Waals surface area contributed by atoms with E-state index in [0.717, 1.165) is 26.2 Å². The first kappa shape index (κ1) is 13.8. The SMILES string of the molecule is Clc1nc(NCCN2CCCC2)nc(N2CCCC2)n1. The topological polar surface area (TPSA) is 57.2 Å². The Hall–Kier alpha value is -1.14. The molecule has 7 heteroatoms. The fraction of sp³-hybridized carbons (Fsp3) is 0.769. The highest BCUT2D eigenvalue weighted by atomic mass is 35.5. The number of nitrogens with zero attached hydrogens (tertiary/aromatic N) is 5. The van der Waals surface area contributed by atoms with Gasteiger partial charge in [0.2, 0.25) is 17.2 Å². The van der Waals surface area contributed by atoms with Crippen molar-refractivity contribution in [3.63, 3.8) is 0 Å². The van der Waals surface area contributed by atoms with Crippen LogP contribution in [0.5, 0.6) is 0 Å². The second-order valence-corrected chi connectivity index (χ2v) is 5.74. The Labute approximate surface area is 124 Å². The quantitative estimate of drug-likeness (QED) is 0.891. The molecule has 0 aliphatic carbocycles. The summed E-state index contributed by atoms with van der Waals surface area (Å²) in [4.78, 5) is 17.5. The van der Waals surface area contributed by atoms with Crippen molar-refractivity contribution < 1.29 is 0 Å². The van der Waals surface area contributed by atoms with E-state index in [9.17, 15) is 0 Å². The van der Waals surface area contributed by atoms with Crippen LogP contribution >= 0.6 is 11.6 Å². The predicted molar refractivity (Wildman–Crippen MR) is 80.4 cm³/mol. The molecule has 1 aromatic rings. The summed E-state index contributed by atoms with van der Waals surface area (Å²) in [6, 6.07) is 0. The van der Waals surface area contributed by atoms with Crippen molar-refractivity contribution in [1.82, 2.24) is 19.9 Å². The number of hydrogen-bond donors (Lipinski definition) is 1. The van der Waals surface area contributed by atoms with Crippen LogP contribution in [0.1, 0.15) is 25.7 Å². The molecule has 110 valence electrons. The lowest BCUT2D eigenvalue weighted by Gasteiger charge is -2.17. The highest BCUT2D eigenvalue weighted by Gasteiger charge is 2.17. The zero-order chi connectivity index (χ0) is 13.8. The zero-order valence-electron chi connectivity index (χ0n) is 11.7. The molecular formula is C13H21ClN6. The van der Waals surface area contributed by atoms with Gasteiger partial charge in [0.05, 0.1) is 0 Å². The Morgan fingerprint density at radius 2 is 1.65 bits per heavy atom. The Bertz CT molecular complexity index is 442. The first-order valence-corrected chi connectivity index (χ1v) is 7.82. The third kappa shape index (κ3) is 3.49. The van der Waals surface area contributed by atoms with Gasteiger partial charge in [-0.05, 0) is 50.4 Å². The molecule has 0 bridgehead atoms. The standard InChI is InChI=1S/C13H21ClN6/c14-11-16-12(15-5-10-19-6-1-2-7-19)18-13(17-11)20-8-3-4-9-20/h1-10H2,(H,15,16,17,18). The van der Waals surface area contributed by atoms with Crippen LogP contribution in [-0.4, -0.2) is 59.1 Å². The molecular weight excluding hydrogens is 276 g/mol. The van der Waals surface area contributed by atoms with E-state index in [1.165, 1.54) is 38.8 Å². The van der Waals surface area contributed by atoms with Gasteiger partial charge >= 0.3 is 0 Å². The van der Waals surface area contributed by atoms with Crippen LogP contribution in [0.15, 0.2) is 0 Å². The largest absolute Gasteiger partial charge is 0.353 e. The number of hydrogen-bond acceptors (Lipinski definition) is 6. The van der Waals surface area contributed by atoms with Gasteiger partial charge in [0.15, 0.2) is 0 Å². The molecule has 2 fully saturated rings. The minimum Gasteiger partial charge on any atom is -0.353 e. The van der Waals surface area contributed by atoms with Crippen molar-refractivity contribution in [1.29, 1.82) is 0 Å². The molecule has 3 heterocycles. The first-order chi connectivity index (χ1) is 9.81. The summed E-state index contributed by atoms with van der Waals surface area (Å²) in [7, 11) is 0. The van der Waals surface area contributed by atoms with Gasteiger partial charge < -0.3 is 15.1 Å². The van der Waals surface area contributed by atoms with E-state index < -0.39 is 0 Å². The molecule has 0 atom stereocenters. The zero-order valence-corrected chi connectivity index (χ0v) is 12.4. The second-order valence-electron chi connectivity index (χ2n) is 5.40. The molecule has 0 spiro atoms. The van der Waals surface area contributed by atoms with Gasteiger partial charge in [-0.1, -0.05) is 0 Å². The van der Waals surface area contributed by atoms with Crippen LogP contribution in [0.2, 0.25) is 5.28 Å². The molecule has 0 amide bonds.